The first-order valence-electron chi connectivity index (χ1n) is 11.9. The molecule has 4 amide bonds. The highest BCUT2D eigenvalue weighted by atomic mass is 19.1. The lowest BCUT2D eigenvalue weighted by Crippen LogP contribution is -2.46. The third-order valence-electron chi connectivity index (χ3n) is 6.00. The zero-order valence-corrected chi connectivity index (χ0v) is 20.8. The Bertz CT molecular complexity index is 1330. The van der Waals surface area contributed by atoms with Crippen LogP contribution in [0.5, 0.6) is 5.75 Å². The maximum Gasteiger partial charge on any atom is 0.338 e. The molecule has 0 unspecified atom stereocenters. The smallest absolute Gasteiger partial charge is 0.338 e. The van der Waals surface area contributed by atoms with Gasteiger partial charge >= 0.3 is 12.0 Å². The lowest BCUT2D eigenvalue weighted by atomic mass is 10.1. The van der Waals surface area contributed by atoms with E-state index in [1.54, 1.807) is 31.2 Å². The number of urea groups is 1. The number of nitrogens with one attached hydrogen (secondary N) is 1. The zero-order chi connectivity index (χ0) is 27.2. The van der Waals surface area contributed by atoms with E-state index in [0.29, 0.717) is 17.0 Å². The molecule has 1 heterocycles. The molecule has 0 saturated carbocycles. The molecule has 1 aliphatic rings. The van der Waals surface area contributed by atoms with Gasteiger partial charge in [-0.1, -0.05) is 12.1 Å². The Hall–Kier alpha value is -4.73. The summed E-state index contributed by atoms with van der Waals surface area (Å²) in [7, 11) is 1.52. The van der Waals surface area contributed by atoms with Crippen LogP contribution in [0.4, 0.5) is 20.6 Å². The number of amides is 4. The minimum atomic E-state index is -1.10. The van der Waals surface area contributed by atoms with E-state index in [1.807, 2.05) is 0 Å². The van der Waals surface area contributed by atoms with Gasteiger partial charge < -0.3 is 19.7 Å². The minimum absolute atomic E-state index is 0.0401. The van der Waals surface area contributed by atoms with E-state index < -0.39 is 35.7 Å². The van der Waals surface area contributed by atoms with Gasteiger partial charge in [-0.05, 0) is 73.2 Å². The van der Waals surface area contributed by atoms with Crippen molar-refractivity contribution in [2.24, 2.45) is 0 Å². The molecule has 0 aromatic heterocycles. The Morgan fingerprint density at radius 3 is 2.26 bits per heavy atom. The normalized spacial score (nSPS) is 14.8. The van der Waals surface area contributed by atoms with Gasteiger partial charge in [-0.2, -0.15) is 0 Å². The van der Waals surface area contributed by atoms with Crippen LogP contribution in [0.2, 0.25) is 0 Å². The summed E-state index contributed by atoms with van der Waals surface area (Å²) in [6, 6.07) is 16.4. The molecular weight excluding hydrogens is 493 g/mol. The highest BCUT2D eigenvalue weighted by Crippen LogP contribution is 2.28. The maximum absolute atomic E-state index is 13.5. The van der Waals surface area contributed by atoms with Crippen LogP contribution >= 0.6 is 0 Å². The summed E-state index contributed by atoms with van der Waals surface area (Å²) in [5, 5.41) is 2.75. The molecule has 1 aliphatic heterocycles. The van der Waals surface area contributed by atoms with Gasteiger partial charge in [0.05, 0.1) is 31.4 Å². The highest BCUT2D eigenvalue weighted by Gasteiger charge is 2.44. The molecule has 9 nitrogen and oxygen atoms in total. The molecular formula is C28H26FN3O6. The molecule has 38 heavy (non-hydrogen) atoms. The number of anilines is 2. The number of ether oxygens (including phenoxy) is 2. The SMILES string of the molecule is CCOC(=O)c1ccc(N2C(=O)C[C@@H](N(Cc3ccc(F)cc3)C(=O)Nc3ccc(OC)cc3)C2=O)cc1. The van der Waals surface area contributed by atoms with Gasteiger partial charge in [0.15, 0.2) is 0 Å². The van der Waals surface area contributed by atoms with Crippen molar-refractivity contribution in [1.29, 1.82) is 0 Å². The molecule has 1 fully saturated rings. The number of halogens is 1. The largest absolute Gasteiger partial charge is 0.497 e. The number of methoxy groups -OCH3 is 1. The molecule has 4 rings (SSSR count). The van der Waals surface area contributed by atoms with E-state index in [4.69, 9.17) is 9.47 Å². The van der Waals surface area contributed by atoms with Crippen molar-refractivity contribution in [1.82, 2.24) is 4.90 Å². The van der Waals surface area contributed by atoms with Crippen LogP contribution in [0.15, 0.2) is 72.8 Å². The predicted molar refractivity (Wildman–Crippen MR) is 137 cm³/mol. The summed E-state index contributed by atoms with van der Waals surface area (Å²) < 4.78 is 23.6. The topological polar surface area (TPSA) is 105 Å². The first kappa shape index (κ1) is 26.3. The molecule has 1 atom stereocenters. The Kier molecular flexibility index (Phi) is 8.00. The molecule has 196 valence electrons. The Morgan fingerprint density at radius 2 is 1.66 bits per heavy atom. The van der Waals surface area contributed by atoms with E-state index in [-0.39, 0.29) is 30.8 Å². The van der Waals surface area contributed by atoms with E-state index in [0.717, 1.165) is 4.90 Å². The summed E-state index contributed by atoms with van der Waals surface area (Å²) in [6.07, 6.45) is -0.240. The van der Waals surface area contributed by atoms with Crippen molar-refractivity contribution in [3.05, 3.63) is 89.7 Å². The number of benzene rings is 3. The number of esters is 1. The van der Waals surface area contributed by atoms with Gasteiger partial charge in [0.1, 0.15) is 17.6 Å². The maximum atomic E-state index is 13.5. The van der Waals surface area contributed by atoms with Crippen LogP contribution in [0.25, 0.3) is 0 Å². The van der Waals surface area contributed by atoms with Crippen molar-refractivity contribution in [3.8, 4) is 5.75 Å². The summed E-state index contributed by atoms with van der Waals surface area (Å²) in [5.74, 6) is -1.44. The standard InChI is InChI=1S/C28H26FN3O6/c1-3-38-27(35)19-6-12-22(13-7-19)32-25(33)16-24(26(32)34)31(17-18-4-8-20(29)9-5-18)28(36)30-21-10-14-23(37-2)15-11-21/h4-15,24H,3,16-17H2,1-2H3,(H,30,36)/t24-/m1/s1. The Morgan fingerprint density at radius 1 is 1.00 bits per heavy atom. The molecule has 3 aromatic carbocycles. The quantitative estimate of drug-likeness (QED) is 0.350. The Labute approximate surface area is 218 Å². The fourth-order valence-corrected chi connectivity index (χ4v) is 4.07. The van der Waals surface area contributed by atoms with Gasteiger partial charge in [0.25, 0.3) is 5.91 Å². The summed E-state index contributed by atoms with van der Waals surface area (Å²) in [6.45, 7) is 1.87. The number of nitrogens with zero attached hydrogens (tertiary/aromatic N) is 2. The van der Waals surface area contributed by atoms with Crippen LogP contribution in [-0.4, -0.2) is 48.5 Å². The third-order valence-corrected chi connectivity index (χ3v) is 6.00. The Balaban J connectivity index is 1.59. The summed E-state index contributed by atoms with van der Waals surface area (Å²) >= 11 is 0. The molecule has 0 aliphatic carbocycles. The monoisotopic (exact) mass is 519 g/mol. The minimum Gasteiger partial charge on any atom is -0.497 e. The molecule has 10 heteroatoms. The molecule has 0 spiro atoms. The summed E-state index contributed by atoms with van der Waals surface area (Å²) in [4.78, 5) is 54.0. The van der Waals surface area contributed by atoms with Crippen LogP contribution in [0.1, 0.15) is 29.3 Å². The number of hydrogen-bond acceptors (Lipinski definition) is 6. The molecule has 0 radical (unpaired) electrons. The number of rotatable bonds is 8. The second kappa shape index (κ2) is 11.5. The fraction of sp³-hybridized carbons (Fsp3) is 0.214. The van der Waals surface area contributed by atoms with Gasteiger partial charge in [-0.25, -0.2) is 18.9 Å². The second-order valence-electron chi connectivity index (χ2n) is 8.47. The van der Waals surface area contributed by atoms with Crippen molar-refractivity contribution in [2.45, 2.75) is 25.9 Å². The van der Waals surface area contributed by atoms with Gasteiger partial charge in [0, 0.05) is 12.2 Å². The average Bonchev–Trinajstić information content (AvgIpc) is 3.22. The molecule has 0 bridgehead atoms. The van der Waals surface area contributed by atoms with Crippen molar-refractivity contribution < 1.29 is 33.0 Å². The van der Waals surface area contributed by atoms with Crippen molar-refractivity contribution >= 4 is 35.2 Å². The average molecular weight is 520 g/mol. The van der Waals surface area contributed by atoms with Crippen LogP contribution in [-0.2, 0) is 20.9 Å². The number of carbonyl (C=O) groups is 4. The van der Waals surface area contributed by atoms with Gasteiger partial charge in [-0.15, -0.1) is 0 Å². The molecule has 1 N–H and O–H groups in total. The van der Waals surface area contributed by atoms with Gasteiger partial charge in [-0.3, -0.25) is 9.59 Å². The zero-order valence-electron chi connectivity index (χ0n) is 20.8. The van der Waals surface area contributed by atoms with Crippen LogP contribution in [0.3, 0.4) is 0 Å². The van der Waals surface area contributed by atoms with Crippen LogP contribution < -0.4 is 15.0 Å². The first-order valence-corrected chi connectivity index (χ1v) is 11.9. The van der Waals surface area contributed by atoms with E-state index >= 15 is 0 Å². The van der Waals surface area contributed by atoms with Crippen molar-refractivity contribution in [3.63, 3.8) is 0 Å². The van der Waals surface area contributed by atoms with E-state index in [2.05, 4.69) is 5.32 Å². The lowest BCUT2D eigenvalue weighted by molar-refractivity contribution is -0.122. The highest BCUT2D eigenvalue weighted by molar-refractivity contribution is 6.23. The van der Waals surface area contributed by atoms with Gasteiger partial charge in [0.2, 0.25) is 5.91 Å². The van der Waals surface area contributed by atoms with Crippen molar-refractivity contribution in [2.75, 3.05) is 23.9 Å². The second-order valence-corrected chi connectivity index (χ2v) is 8.47. The fourth-order valence-electron chi connectivity index (χ4n) is 4.07. The number of hydrogen-bond donors (Lipinski definition) is 1. The first-order chi connectivity index (χ1) is 18.3. The lowest BCUT2D eigenvalue weighted by Gasteiger charge is -2.28. The molecule has 3 aromatic rings. The number of imide groups is 1. The predicted octanol–water partition coefficient (Wildman–Crippen LogP) is 4.38. The third kappa shape index (κ3) is 5.80. The molecule has 1 saturated heterocycles. The van der Waals surface area contributed by atoms with E-state index in [1.165, 1.54) is 60.5 Å². The van der Waals surface area contributed by atoms with E-state index in [9.17, 15) is 23.6 Å². The van der Waals surface area contributed by atoms with Crippen LogP contribution in [0, 0.1) is 5.82 Å². The number of carbonyl (C=O) groups excluding carboxylic acids is 4. The summed E-state index contributed by atoms with van der Waals surface area (Å²) in [5.41, 5.74) is 1.59.